The number of hydrogen-bond donors (Lipinski definition) is 2. The Labute approximate surface area is 118 Å². The minimum Gasteiger partial charge on any atom is -0.481 e. The molecule has 1 heterocycles. The quantitative estimate of drug-likeness (QED) is 0.847. The van der Waals surface area contributed by atoms with Crippen LogP contribution in [0.4, 0.5) is 0 Å². The Kier molecular flexibility index (Phi) is 4.86. The normalized spacial score (nSPS) is 13.1. The highest BCUT2D eigenvalue weighted by atomic mass is 16.4. The Morgan fingerprint density at radius 1 is 1.40 bits per heavy atom. The summed E-state index contributed by atoms with van der Waals surface area (Å²) in [6.45, 7) is 9.81. The van der Waals surface area contributed by atoms with Crippen molar-refractivity contribution in [1.82, 2.24) is 20.1 Å². The lowest BCUT2D eigenvalue weighted by atomic mass is 9.96. The second-order valence-corrected chi connectivity index (χ2v) is 5.84. The molecule has 0 saturated heterocycles. The maximum Gasteiger partial charge on any atom is 0.308 e. The molecule has 1 aromatic heterocycles. The lowest BCUT2D eigenvalue weighted by molar-refractivity contribution is -0.141. The number of nitrogens with one attached hydrogen (secondary N) is 1. The summed E-state index contributed by atoms with van der Waals surface area (Å²) in [5.74, 6) is -1.20. The van der Waals surface area contributed by atoms with Crippen LogP contribution < -0.4 is 0 Å². The van der Waals surface area contributed by atoms with Crippen LogP contribution in [-0.2, 0) is 10.2 Å². The summed E-state index contributed by atoms with van der Waals surface area (Å²) in [6.07, 6.45) is 0. The van der Waals surface area contributed by atoms with Crippen molar-refractivity contribution in [1.29, 1.82) is 0 Å². The van der Waals surface area contributed by atoms with Crippen LogP contribution in [-0.4, -0.2) is 50.2 Å². The molecule has 0 bridgehead atoms. The number of carbonyl (C=O) groups excluding carboxylic acids is 1. The van der Waals surface area contributed by atoms with Crippen molar-refractivity contribution in [2.75, 3.05) is 13.1 Å². The number of amides is 1. The number of aromatic nitrogens is 3. The molecule has 7 heteroatoms. The third-order valence-corrected chi connectivity index (χ3v) is 2.97. The summed E-state index contributed by atoms with van der Waals surface area (Å²) in [6, 6.07) is 0. The number of carboxylic acids is 1. The highest BCUT2D eigenvalue weighted by Crippen LogP contribution is 2.17. The van der Waals surface area contributed by atoms with Crippen LogP contribution in [0.25, 0.3) is 0 Å². The van der Waals surface area contributed by atoms with Crippen LogP contribution in [0, 0.1) is 5.92 Å². The Morgan fingerprint density at radius 3 is 2.40 bits per heavy atom. The second kappa shape index (κ2) is 6.02. The second-order valence-electron chi connectivity index (χ2n) is 5.84. The van der Waals surface area contributed by atoms with Gasteiger partial charge in [0.2, 0.25) is 5.82 Å². The van der Waals surface area contributed by atoms with Crippen LogP contribution in [0.15, 0.2) is 0 Å². The third kappa shape index (κ3) is 3.79. The first kappa shape index (κ1) is 16.1. The largest absolute Gasteiger partial charge is 0.481 e. The molecule has 0 aliphatic rings. The lowest BCUT2D eigenvalue weighted by Gasteiger charge is -2.21. The minimum absolute atomic E-state index is 0.0781. The van der Waals surface area contributed by atoms with E-state index < -0.39 is 11.9 Å². The SMILES string of the molecule is CCN(CC(C)C(=O)O)C(=O)c1n[nH]c(C(C)(C)C)n1. The first-order valence-corrected chi connectivity index (χ1v) is 6.61. The summed E-state index contributed by atoms with van der Waals surface area (Å²) in [5, 5.41) is 15.6. The fourth-order valence-corrected chi connectivity index (χ4v) is 1.60. The van der Waals surface area contributed by atoms with Crippen LogP contribution in [0.3, 0.4) is 0 Å². The van der Waals surface area contributed by atoms with Crippen LogP contribution in [0.5, 0.6) is 0 Å². The van der Waals surface area contributed by atoms with Gasteiger partial charge in [-0.05, 0) is 6.92 Å². The average Bonchev–Trinajstić information content (AvgIpc) is 2.83. The topological polar surface area (TPSA) is 99.2 Å². The lowest BCUT2D eigenvalue weighted by Crippen LogP contribution is -2.37. The predicted molar refractivity (Wildman–Crippen MR) is 73.5 cm³/mol. The molecule has 112 valence electrons. The van der Waals surface area contributed by atoms with Crippen LogP contribution >= 0.6 is 0 Å². The summed E-state index contributed by atoms with van der Waals surface area (Å²) < 4.78 is 0. The van der Waals surface area contributed by atoms with Crippen molar-refractivity contribution in [3.63, 3.8) is 0 Å². The average molecular weight is 282 g/mol. The zero-order chi connectivity index (χ0) is 15.5. The van der Waals surface area contributed by atoms with E-state index in [1.165, 1.54) is 4.90 Å². The number of aromatic amines is 1. The number of H-pyrrole nitrogens is 1. The molecule has 0 aliphatic carbocycles. The van der Waals surface area contributed by atoms with Crippen molar-refractivity contribution in [2.24, 2.45) is 5.92 Å². The molecule has 0 radical (unpaired) electrons. The van der Waals surface area contributed by atoms with E-state index in [2.05, 4.69) is 15.2 Å². The van der Waals surface area contributed by atoms with E-state index in [0.29, 0.717) is 12.4 Å². The first-order chi connectivity index (χ1) is 9.16. The van der Waals surface area contributed by atoms with E-state index in [0.717, 1.165) is 0 Å². The molecular formula is C13H22N4O3. The number of aliphatic carboxylic acids is 1. The van der Waals surface area contributed by atoms with E-state index in [1.807, 2.05) is 20.8 Å². The Morgan fingerprint density at radius 2 is 2.00 bits per heavy atom. The predicted octanol–water partition coefficient (Wildman–Crippen LogP) is 1.28. The number of rotatable bonds is 5. The Hall–Kier alpha value is -1.92. The Bertz CT molecular complexity index is 490. The zero-order valence-corrected chi connectivity index (χ0v) is 12.6. The molecule has 0 aromatic carbocycles. The summed E-state index contributed by atoms with van der Waals surface area (Å²) in [4.78, 5) is 28.8. The van der Waals surface area contributed by atoms with Gasteiger partial charge >= 0.3 is 5.97 Å². The molecule has 7 nitrogen and oxygen atoms in total. The molecule has 20 heavy (non-hydrogen) atoms. The summed E-state index contributed by atoms with van der Waals surface area (Å²) in [7, 11) is 0. The van der Waals surface area contributed by atoms with Gasteiger partial charge in [-0.25, -0.2) is 4.98 Å². The van der Waals surface area contributed by atoms with Gasteiger partial charge < -0.3 is 10.0 Å². The number of hydrogen-bond acceptors (Lipinski definition) is 4. The number of carbonyl (C=O) groups is 2. The molecule has 0 saturated carbocycles. The molecule has 1 rings (SSSR count). The summed E-state index contributed by atoms with van der Waals surface area (Å²) in [5.41, 5.74) is -0.225. The molecular weight excluding hydrogens is 260 g/mol. The van der Waals surface area contributed by atoms with Gasteiger partial charge in [0, 0.05) is 18.5 Å². The van der Waals surface area contributed by atoms with E-state index in [-0.39, 0.29) is 23.7 Å². The van der Waals surface area contributed by atoms with Gasteiger partial charge in [-0.15, -0.1) is 5.10 Å². The van der Waals surface area contributed by atoms with Gasteiger partial charge in [-0.3, -0.25) is 14.7 Å². The van der Waals surface area contributed by atoms with Gasteiger partial charge in [0.05, 0.1) is 5.92 Å². The standard InChI is InChI=1S/C13H22N4O3/c1-6-17(7-8(2)11(19)20)10(18)9-14-12(16-15-9)13(3,4)5/h8H,6-7H2,1-5H3,(H,19,20)(H,14,15,16). The summed E-state index contributed by atoms with van der Waals surface area (Å²) >= 11 is 0. The maximum atomic E-state index is 12.3. The smallest absolute Gasteiger partial charge is 0.308 e. The fraction of sp³-hybridized carbons (Fsp3) is 0.692. The van der Waals surface area contributed by atoms with Crippen molar-refractivity contribution >= 4 is 11.9 Å². The highest BCUT2D eigenvalue weighted by molar-refractivity contribution is 5.90. The van der Waals surface area contributed by atoms with Gasteiger partial charge in [0.25, 0.3) is 5.91 Å². The van der Waals surface area contributed by atoms with Crippen LogP contribution in [0.1, 0.15) is 51.1 Å². The molecule has 2 N–H and O–H groups in total. The molecule has 0 aliphatic heterocycles. The molecule has 0 spiro atoms. The van der Waals surface area contributed by atoms with Gasteiger partial charge in [-0.1, -0.05) is 27.7 Å². The Balaban J connectivity index is 2.86. The minimum atomic E-state index is -0.929. The van der Waals surface area contributed by atoms with Crippen molar-refractivity contribution < 1.29 is 14.7 Å². The highest BCUT2D eigenvalue weighted by Gasteiger charge is 2.25. The zero-order valence-electron chi connectivity index (χ0n) is 12.6. The third-order valence-electron chi connectivity index (χ3n) is 2.97. The molecule has 0 fully saturated rings. The van der Waals surface area contributed by atoms with Gasteiger partial charge in [0.1, 0.15) is 5.82 Å². The van der Waals surface area contributed by atoms with E-state index in [1.54, 1.807) is 13.8 Å². The molecule has 1 atom stereocenters. The molecule has 1 aromatic rings. The maximum absolute atomic E-state index is 12.3. The van der Waals surface area contributed by atoms with Gasteiger partial charge in [0.15, 0.2) is 0 Å². The number of carboxylic acid groups (broad SMARTS) is 1. The van der Waals surface area contributed by atoms with E-state index in [4.69, 9.17) is 5.11 Å². The number of nitrogens with zero attached hydrogens (tertiary/aromatic N) is 3. The molecule has 1 amide bonds. The van der Waals surface area contributed by atoms with Crippen molar-refractivity contribution in [2.45, 2.75) is 40.0 Å². The van der Waals surface area contributed by atoms with E-state index >= 15 is 0 Å². The monoisotopic (exact) mass is 282 g/mol. The van der Waals surface area contributed by atoms with Crippen molar-refractivity contribution in [3.05, 3.63) is 11.6 Å². The van der Waals surface area contributed by atoms with E-state index in [9.17, 15) is 9.59 Å². The fourth-order valence-electron chi connectivity index (χ4n) is 1.60. The van der Waals surface area contributed by atoms with Crippen molar-refractivity contribution in [3.8, 4) is 0 Å². The first-order valence-electron chi connectivity index (χ1n) is 6.61. The van der Waals surface area contributed by atoms with Crippen LogP contribution in [0.2, 0.25) is 0 Å². The molecule has 1 unspecified atom stereocenters. The van der Waals surface area contributed by atoms with Gasteiger partial charge in [-0.2, -0.15) is 0 Å².